The Kier molecular flexibility index (Phi) is 6.97. The van der Waals surface area contributed by atoms with E-state index in [1.165, 1.54) is 11.3 Å². The summed E-state index contributed by atoms with van der Waals surface area (Å²) in [6.45, 7) is 4.28. The average Bonchev–Trinajstić information content (AvgIpc) is 3.15. The number of hydrogen-bond acceptors (Lipinski definition) is 5. The van der Waals surface area contributed by atoms with Crippen LogP contribution in [0, 0.1) is 5.92 Å². The highest BCUT2D eigenvalue weighted by Crippen LogP contribution is 2.23. The quantitative estimate of drug-likeness (QED) is 0.562. The Morgan fingerprint density at radius 3 is 2.48 bits per heavy atom. The minimum Gasteiger partial charge on any atom is -0.449 e. The van der Waals surface area contributed by atoms with Crippen molar-refractivity contribution in [3.63, 3.8) is 0 Å². The van der Waals surface area contributed by atoms with Gasteiger partial charge >= 0.3 is 6.09 Å². The largest absolute Gasteiger partial charge is 0.449 e. The van der Waals surface area contributed by atoms with E-state index in [1.807, 2.05) is 49.6 Å². The molecule has 2 N–H and O–H groups in total. The molecule has 0 aliphatic heterocycles. The smallest absolute Gasteiger partial charge is 0.411 e. The van der Waals surface area contributed by atoms with Crippen LogP contribution in [-0.2, 0) is 16.0 Å². The standard InChI is InChI=1S/C22H23N3O3S/c1-15(2)13-28-22(27)25-18-10-6-9-17(11-18)23-20(26)12-19-14-29-21(24-19)16-7-4-3-5-8-16/h3-11,14-15H,12-13H2,1-2H3,(H,23,26)(H,25,27). The summed E-state index contributed by atoms with van der Waals surface area (Å²) >= 11 is 1.51. The van der Waals surface area contributed by atoms with Crippen LogP contribution in [0.25, 0.3) is 10.6 Å². The third-order valence-corrected chi connectivity index (χ3v) is 4.79. The first-order valence-electron chi connectivity index (χ1n) is 9.33. The molecule has 0 saturated heterocycles. The maximum atomic E-state index is 12.4. The lowest BCUT2D eigenvalue weighted by molar-refractivity contribution is -0.115. The van der Waals surface area contributed by atoms with Crippen molar-refractivity contribution < 1.29 is 14.3 Å². The third-order valence-electron chi connectivity index (χ3n) is 3.85. The van der Waals surface area contributed by atoms with Crippen LogP contribution >= 0.6 is 11.3 Å². The van der Waals surface area contributed by atoms with E-state index >= 15 is 0 Å². The molecule has 0 radical (unpaired) electrons. The third kappa shape index (κ3) is 6.43. The molecule has 0 unspecified atom stereocenters. The van der Waals surface area contributed by atoms with Crippen LogP contribution in [0.1, 0.15) is 19.5 Å². The Labute approximate surface area is 173 Å². The van der Waals surface area contributed by atoms with Gasteiger partial charge in [0.2, 0.25) is 5.91 Å². The van der Waals surface area contributed by atoms with Gasteiger partial charge in [-0.25, -0.2) is 9.78 Å². The minimum absolute atomic E-state index is 0.172. The lowest BCUT2D eigenvalue weighted by Crippen LogP contribution is -2.17. The monoisotopic (exact) mass is 409 g/mol. The number of benzene rings is 2. The fourth-order valence-electron chi connectivity index (χ4n) is 2.54. The molecule has 2 aromatic carbocycles. The zero-order valence-corrected chi connectivity index (χ0v) is 17.2. The molecular weight excluding hydrogens is 386 g/mol. The minimum atomic E-state index is -0.516. The highest BCUT2D eigenvalue weighted by atomic mass is 32.1. The average molecular weight is 410 g/mol. The van der Waals surface area contributed by atoms with Crippen LogP contribution in [0.15, 0.2) is 60.0 Å². The number of amides is 2. The van der Waals surface area contributed by atoms with E-state index in [-0.39, 0.29) is 18.2 Å². The van der Waals surface area contributed by atoms with E-state index < -0.39 is 6.09 Å². The molecule has 29 heavy (non-hydrogen) atoms. The normalized spacial score (nSPS) is 10.6. The van der Waals surface area contributed by atoms with Crippen molar-refractivity contribution in [1.29, 1.82) is 0 Å². The molecule has 3 rings (SSSR count). The van der Waals surface area contributed by atoms with Crippen molar-refractivity contribution in [2.75, 3.05) is 17.2 Å². The van der Waals surface area contributed by atoms with Gasteiger partial charge in [0.1, 0.15) is 5.01 Å². The first-order valence-corrected chi connectivity index (χ1v) is 10.2. The van der Waals surface area contributed by atoms with Gasteiger partial charge in [0.05, 0.1) is 18.7 Å². The summed E-state index contributed by atoms with van der Waals surface area (Å²) in [4.78, 5) is 28.7. The molecule has 6 nitrogen and oxygen atoms in total. The lowest BCUT2D eigenvalue weighted by atomic mass is 10.2. The molecule has 0 atom stereocenters. The van der Waals surface area contributed by atoms with Gasteiger partial charge in [-0.05, 0) is 24.1 Å². The van der Waals surface area contributed by atoms with Crippen molar-refractivity contribution in [2.24, 2.45) is 5.92 Å². The number of nitrogens with one attached hydrogen (secondary N) is 2. The van der Waals surface area contributed by atoms with Crippen LogP contribution in [-0.4, -0.2) is 23.6 Å². The SMILES string of the molecule is CC(C)COC(=O)Nc1cccc(NC(=O)Cc2csc(-c3ccccc3)n2)c1. The molecule has 0 saturated carbocycles. The van der Waals surface area contributed by atoms with Gasteiger partial charge < -0.3 is 10.1 Å². The van der Waals surface area contributed by atoms with Gasteiger partial charge in [0.15, 0.2) is 0 Å². The summed E-state index contributed by atoms with van der Waals surface area (Å²) in [5.74, 6) is 0.0916. The molecule has 7 heteroatoms. The summed E-state index contributed by atoms with van der Waals surface area (Å²) in [5, 5.41) is 8.28. The number of aromatic nitrogens is 1. The predicted molar refractivity (Wildman–Crippen MR) is 116 cm³/mol. The predicted octanol–water partition coefficient (Wildman–Crippen LogP) is 5.20. The summed E-state index contributed by atoms with van der Waals surface area (Å²) in [5.41, 5.74) is 2.90. The molecule has 1 heterocycles. The summed E-state index contributed by atoms with van der Waals surface area (Å²) < 4.78 is 5.10. The van der Waals surface area contributed by atoms with Gasteiger partial charge in [-0.2, -0.15) is 0 Å². The fraction of sp³-hybridized carbons (Fsp3) is 0.227. The zero-order chi connectivity index (χ0) is 20.6. The first kappa shape index (κ1) is 20.5. The van der Waals surface area contributed by atoms with Crippen molar-refractivity contribution in [3.05, 3.63) is 65.7 Å². The highest BCUT2D eigenvalue weighted by Gasteiger charge is 2.10. The second-order valence-corrected chi connectivity index (χ2v) is 7.79. The maximum absolute atomic E-state index is 12.4. The Hall–Kier alpha value is -3.19. The lowest BCUT2D eigenvalue weighted by Gasteiger charge is -2.10. The number of carbonyl (C=O) groups is 2. The second-order valence-electron chi connectivity index (χ2n) is 6.93. The van der Waals surface area contributed by atoms with Gasteiger partial charge in [-0.1, -0.05) is 50.2 Å². The van der Waals surface area contributed by atoms with E-state index in [0.29, 0.717) is 18.0 Å². The van der Waals surface area contributed by atoms with Gasteiger partial charge in [0.25, 0.3) is 0 Å². The summed E-state index contributed by atoms with van der Waals surface area (Å²) in [6.07, 6.45) is -0.338. The van der Waals surface area contributed by atoms with Gasteiger partial charge in [-0.3, -0.25) is 10.1 Å². The number of thiazole rings is 1. The molecule has 0 aliphatic rings. The van der Waals surface area contributed by atoms with Crippen LogP contribution in [0.2, 0.25) is 0 Å². The molecule has 2 amide bonds. The molecule has 0 fully saturated rings. The fourth-order valence-corrected chi connectivity index (χ4v) is 3.37. The molecule has 0 spiro atoms. The molecule has 0 aliphatic carbocycles. The van der Waals surface area contributed by atoms with Crippen LogP contribution in [0.3, 0.4) is 0 Å². The second kappa shape index (κ2) is 9.84. The highest BCUT2D eigenvalue weighted by molar-refractivity contribution is 7.13. The van der Waals surface area contributed by atoms with Crippen molar-refractivity contribution in [3.8, 4) is 10.6 Å². The van der Waals surface area contributed by atoms with E-state index in [2.05, 4.69) is 15.6 Å². The summed E-state index contributed by atoms with van der Waals surface area (Å²) in [6, 6.07) is 16.8. The summed E-state index contributed by atoms with van der Waals surface area (Å²) in [7, 11) is 0. The van der Waals surface area contributed by atoms with Crippen molar-refractivity contribution in [1.82, 2.24) is 4.98 Å². The van der Waals surface area contributed by atoms with Crippen LogP contribution < -0.4 is 10.6 Å². The van der Waals surface area contributed by atoms with E-state index in [0.717, 1.165) is 16.3 Å². The van der Waals surface area contributed by atoms with Crippen molar-refractivity contribution in [2.45, 2.75) is 20.3 Å². The van der Waals surface area contributed by atoms with E-state index in [9.17, 15) is 9.59 Å². The molecule has 3 aromatic rings. The van der Waals surface area contributed by atoms with Gasteiger partial charge in [-0.15, -0.1) is 11.3 Å². The van der Waals surface area contributed by atoms with Crippen LogP contribution in [0.4, 0.5) is 16.2 Å². The number of ether oxygens (including phenoxy) is 1. The molecular formula is C22H23N3O3S. The van der Waals surface area contributed by atoms with Crippen molar-refractivity contribution >= 4 is 34.7 Å². The maximum Gasteiger partial charge on any atom is 0.411 e. The Morgan fingerprint density at radius 2 is 1.76 bits per heavy atom. The van der Waals surface area contributed by atoms with E-state index in [1.54, 1.807) is 24.3 Å². The zero-order valence-electron chi connectivity index (χ0n) is 16.3. The molecule has 150 valence electrons. The topological polar surface area (TPSA) is 80.3 Å². The first-order chi connectivity index (χ1) is 14.0. The number of hydrogen-bond donors (Lipinski definition) is 2. The Bertz CT molecular complexity index is 970. The van der Waals surface area contributed by atoms with Gasteiger partial charge in [0, 0.05) is 22.3 Å². The van der Waals surface area contributed by atoms with E-state index in [4.69, 9.17) is 4.74 Å². The molecule has 1 aromatic heterocycles. The number of rotatable bonds is 7. The Morgan fingerprint density at radius 1 is 1.03 bits per heavy atom. The molecule has 0 bridgehead atoms. The number of carbonyl (C=O) groups excluding carboxylic acids is 2. The Balaban J connectivity index is 1.56. The van der Waals surface area contributed by atoms with Crippen LogP contribution in [0.5, 0.6) is 0 Å². The number of anilines is 2. The number of nitrogens with zero attached hydrogens (tertiary/aromatic N) is 1.